The molecule has 1 heterocycles. The Morgan fingerprint density at radius 1 is 1.15 bits per heavy atom. The lowest BCUT2D eigenvalue weighted by Gasteiger charge is -2.18. The third kappa shape index (κ3) is 4.25. The maximum Gasteiger partial charge on any atom is 0.118 e. The van der Waals surface area contributed by atoms with Gasteiger partial charge in [-0.05, 0) is 36.4 Å². The van der Waals surface area contributed by atoms with Crippen LogP contribution in [0.1, 0.15) is 18.5 Å². The lowest BCUT2D eigenvalue weighted by atomic mass is 10.1. The third-order valence-electron chi connectivity index (χ3n) is 3.04. The highest BCUT2D eigenvalue weighted by molar-refractivity contribution is 7.99. The molecule has 0 aliphatic carbocycles. The van der Waals surface area contributed by atoms with Crippen molar-refractivity contribution in [1.82, 2.24) is 10.3 Å². The van der Waals surface area contributed by atoms with Crippen LogP contribution in [-0.2, 0) is 0 Å². The summed E-state index contributed by atoms with van der Waals surface area (Å²) in [6.45, 7) is 3.08. The summed E-state index contributed by atoms with van der Waals surface area (Å²) in [4.78, 5) is 5.29. The SMILES string of the molecule is CCNC(CSc1ccncc1)c1ccc(OC)cc1. The highest BCUT2D eigenvalue weighted by Crippen LogP contribution is 2.25. The molecule has 20 heavy (non-hydrogen) atoms. The first-order chi connectivity index (χ1) is 9.83. The molecule has 0 saturated heterocycles. The van der Waals surface area contributed by atoms with E-state index in [1.54, 1.807) is 7.11 Å². The molecule has 0 radical (unpaired) electrons. The van der Waals surface area contributed by atoms with Crippen molar-refractivity contribution in [3.8, 4) is 5.75 Å². The largest absolute Gasteiger partial charge is 0.497 e. The van der Waals surface area contributed by atoms with Crippen LogP contribution >= 0.6 is 11.8 Å². The summed E-state index contributed by atoms with van der Waals surface area (Å²) >= 11 is 1.84. The summed E-state index contributed by atoms with van der Waals surface area (Å²) in [5, 5.41) is 3.53. The molecular formula is C16H20N2OS. The van der Waals surface area contributed by atoms with Gasteiger partial charge >= 0.3 is 0 Å². The zero-order valence-electron chi connectivity index (χ0n) is 11.9. The Labute approximate surface area is 124 Å². The predicted molar refractivity (Wildman–Crippen MR) is 84.4 cm³/mol. The molecule has 0 bridgehead atoms. The molecule has 2 aromatic rings. The number of hydrogen-bond acceptors (Lipinski definition) is 4. The van der Waals surface area contributed by atoms with Crippen LogP contribution in [0.15, 0.2) is 53.7 Å². The second kappa shape index (κ2) is 7.92. The van der Waals surface area contributed by atoms with Gasteiger partial charge in [0.15, 0.2) is 0 Å². The Bertz CT molecular complexity index is 502. The summed E-state index contributed by atoms with van der Waals surface area (Å²) in [5.41, 5.74) is 1.29. The van der Waals surface area contributed by atoms with E-state index in [1.165, 1.54) is 10.5 Å². The summed E-state index contributed by atoms with van der Waals surface area (Å²) in [6.07, 6.45) is 3.66. The summed E-state index contributed by atoms with van der Waals surface area (Å²) in [6, 6.07) is 12.7. The molecule has 1 N–H and O–H groups in total. The van der Waals surface area contributed by atoms with E-state index in [2.05, 4.69) is 29.4 Å². The van der Waals surface area contributed by atoms with E-state index in [4.69, 9.17) is 4.74 Å². The number of nitrogens with zero attached hydrogens (tertiary/aromatic N) is 1. The van der Waals surface area contributed by atoms with Gasteiger partial charge in [-0.15, -0.1) is 11.8 Å². The molecule has 0 amide bonds. The third-order valence-corrected chi connectivity index (χ3v) is 4.14. The van der Waals surface area contributed by atoms with Crippen LogP contribution in [0.5, 0.6) is 5.75 Å². The van der Waals surface area contributed by atoms with Crippen molar-refractivity contribution in [2.45, 2.75) is 17.9 Å². The molecule has 2 rings (SSSR count). The number of methoxy groups -OCH3 is 1. The van der Waals surface area contributed by atoms with E-state index in [0.717, 1.165) is 18.0 Å². The van der Waals surface area contributed by atoms with E-state index in [-0.39, 0.29) is 0 Å². The minimum absolute atomic E-state index is 0.337. The Kier molecular flexibility index (Phi) is 5.89. The quantitative estimate of drug-likeness (QED) is 0.790. The molecule has 1 unspecified atom stereocenters. The van der Waals surface area contributed by atoms with Crippen molar-refractivity contribution in [1.29, 1.82) is 0 Å². The van der Waals surface area contributed by atoms with Crippen LogP contribution in [0, 0.1) is 0 Å². The van der Waals surface area contributed by atoms with Gasteiger partial charge in [-0.25, -0.2) is 0 Å². The summed E-state index contributed by atoms with van der Waals surface area (Å²) < 4.78 is 5.21. The average molecular weight is 288 g/mol. The van der Waals surface area contributed by atoms with Crippen molar-refractivity contribution in [2.75, 3.05) is 19.4 Å². The van der Waals surface area contributed by atoms with Gasteiger partial charge in [0, 0.05) is 29.1 Å². The molecule has 106 valence electrons. The van der Waals surface area contributed by atoms with E-state index in [0.29, 0.717) is 6.04 Å². The van der Waals surface area contributed by atoms with E-state index in [9.17, 15) is 0 Å². The molecule has 1 aromatic heterocycles. The molecule has 1 aromatic carbocycles. The van der Waals surface area contributed by atoms with Crippen LogP contribution in [0.4, 0.5) is 0 Å². The normalized spacial score (nSPS) is 12.1. The zero-order chi connectivity index (χ0) is 14.2. The highest BCUT2D eigenvalue weighted by atomic mass is 32.2. The fourth-order valence-electron chi connectivity index (χ4n) is 1.97. The number of nitrogens with one attached hydrogen (secondary N) is 1. The summed E-state index contributed by atoms with van der Waals surface area (Å²) in [5.74, 6) is 1.88. The Morgan fingerprint density at radius 2 is 1.85 bits per heavy atom. The fraction of sp³-hybridized carbons (Fsp3) is 0.312. The van der Waals surface area contributed by atoms with Gasteiger partial charge in [0.05, 0.1) is 7.11 Å². The van der Waals surface area contributed by atoms with Gasteiger partial charge in [-0.3, -0.25) is 4.98 Å². The van der Waals surface area contributed by atoms with Crippen LogP contribution in [0.3, 0.4) is 0 Å². The molecule has 1 atom stereocenters. The molecule has 0 saturated carbocycles. The van der Waals surface area contributed by atoms with Gasteiger partial charge in [-0.1, -0.05) is 19.1 Å². The molecule has 3 nitrogen and oxygen atoms in total. The zero-order valence-corrected chi connectivity index (χ0v) is 12.7. The maximum atomic E-state index is 5.21. The van der Waals surface area contributed by atoms with Gasteiger partial charge in [-0.2, -0.15) is 0 Å². The molecule has 4 heteroatoms. The first-order valence-electron chi connectivity index (χ1n) is 6.73. The lowest BCUT2D eigenvalue weighted by molar-refractivity contribution is 0.414. The molecular weight excluding hydrogens is 268 g/mol. The minimum Gasteiger partial charge on any atom is -0.497 e. The van der Waals surface area contributed by atoms with Gasteiger partial charge in [0.2, 0.25) is 0 Å². The van der Waals surface area contributed by atoms with Gasteiger partial charge < -0.3 is 10.1 Å². The molecule has 0 aliphatic rings. The van der Waals surface area contributed by atoms with E-state index >= 15 is 0 Å². The number of hydrogen-bond donors (Lipinski definition) is 1. The second-order valence-corrected chi connectivity index (χ2v) is 5.47. The molecule has 0 spiro atoms. The van der Waals surface area contributed by atoms with Crippen LogP contribution in [0.2, 0.25) is 0 Å². The number of thioether (sulfide) groups is 1. The number of aromatic nitrogens is 1. The Balaban J connectivity index is 2.02. The van der Waals surface area contributed by atoms with E-state index < -0.39 is 0 Å². The van der Waals surface area contributed by atoms with Gasteiger partial charge in [0.1, 0.15) is 5.75 Å². The molecule has 0 aliphatic heterocycles. The standard InChI is InChI=1S/C16H20N2OS/c1-3-18-16(12-20-15-8-10-17-11-9-15)13-4-6-14(19-2)7-5-13/h4-11,16,18H,3,12H2,1-2H3. The fourth-order valence-corrected chi connectivity index (χ4v) is 2.95. The summed E-state index contributed by atoms with van der Waals surface area (Å²) in [7, 11) is 1.69. The lowest BCUT2D eigenvalue weighted by Crippen LogP contribution is -2.22. The number of pyridine rings is 1. The van der Waals surface area contributed by atoms with Crippen molar-refractivity contribution >= 4 is 11.8 Å². The van der Waals surface area contributed by atoms with Crippen LogP contribution in [0.25, 0.3) is 0 Å². The van der Waals surface area contributed by atoms with Crippen molar-refractivity contribution < 1.29 is 4.74 Å². The first-order valence-corrected chi connectivity index (χ1v) is 7.72. The molecule has 0 fully saturated rings. The van der Waals surface area contributed by atoms with Crippen molar-refractivity contribution in [3.05, 3.63) is 54.4 Å². The van der Waals surface area contributed by atoms with Crippen LogP contribution < -0.4 is 10.1 Å². The Hall–Kier alpha value is -1.52. The van der Waals surface area contributed by atoms with Crippen molar-refractivity contribution in [2.24, 2.45) is 0 Å². The van der Waals surface area contributed by atoms with Crippen molar-refractivity contribution in [3.63, 3.8) is 0 Å². The highest BCUT2D eigenvalue weighted by Gasteiger charge is 2.10. The monoisotopic (exact) mass is 288 g/mol. The first kappa shape index (κ1) is 14.9. The number of ether oxygens (including phenoxy) is 1. The predicted octanol–water partition coefficient (Wildman–Crippen LogP) is 3.53. The van der Waals surface area contributed by atoms with E-state index in [1.807, 2.05) is 48.4 Å². The Morgan fingerprint density at radius 3 is 2.45 bits per heavy atom. The number of rotatable bonds is 7. The minimum atomic E-state index is 0.337. The van der Waals surface area contributed by atoms with Crippen LogP contribution in [-0.4, -0.2) is 24.4 Å². The second-order valence-electron chi connectivity index (χ2n) is 4.38. The average Bonchev–Trinajstić information content (AvgIpc) is 2.52. The van der Waals surface area contributed by atoms with Gasteiger partial charge in [0.25, 0.3) is 0 Å². The maximum absolute atomic E-state index is 5.21. The smallest absolute Gasteiger partial charge is 0.118 e. The number of benzene rings is 1. The topological polar surface area (TPSA) is 34.2 Å².